The molecule has 0 N–H and O–H groups in total. The number of carbonyl (C=O) groups excluding carboxylic acids is 1. The van der Waals surface area contributed by atoms with Crippen molar-refractivity contribution in [2.45, 2.75) is 45.4 Å². The first kappa shape index (κ1) is 19.4. The molecule has 0 saturated carbocycles. The molecule has 26 heavy (non-hydrogen) atoms. The van der Waals surface area contributed by atoms with Crippen LogP contribution in [0.25, 0.3) is 0 Å². The Hall–Kier alpha value is -1.40. The minimum Gasteiger partial charge on any atom is -0.339 e. The summed E-state index contributed by atoms with van der Waals surface area (Å²) in [6, 6.07) is 8.00. The monoisotopic (exact) mass is 378 g/mol. The fraction of sp³-hybridized carbons (Fsp3) is 0.650. The molecule has 2 aliphatic heterocycles. The largest absolute Gasteiger partial charge is 0.339 e. The van der Waals surface area contributed by atoms with Gasteiger partial charge in [-0.1, -0.05) is 19.1 Å². The van der Waals surface area contributed by atoms with Crippen LogP contribution in [0.3, 0.4) is 0 Å². The molecule has 5 nitrogen and oxygen atoms in total. The van der Waals surface area contributed by atoms with Gasteiger partial charge in [-0.05, 0) is 62.1 Å². The fourth-order valence-corrected chi connectivity index (χ4v) is 5.54. The van der Waals surface area contributed by atoms with E-state index in [4.69, 9.17) is 0 Å². The number of piperidine rings is 1. The molecule has 3 rings (SSSR count). The molecule has 0 radical (unpaired) electrons. The molecule has 0 unspecified atom stereocenters. The van der Waals surface area contributed by atoms with Crippen LogP contribution >= 0.6 is 0 Å². The van der Waals surface area contributed by atoms with Crippen molar-refractivity contribution >= 4 is 15.9 Å². The number of benzene rings is 1. The summed E-state index contributed by atoms with van der Waals surface area (Å²) in [6.45, 7) is 4.93. The SMILES string of the molecule is CCCS(=O)(=O)N1CCC(Cc2ccc(C(=O)N3CCCC3)cc2)CC1. The van der Waals surface area contributed by atoms with Crippen LogP contribution in [0.5, 0.6) is 0 Å². The second-order valence-electron chi connectivity index (χ2n) is 7.56. The third-order valence-corrected chi connectivity index (χ3v) is 7.62. The topological polar surface area (TPSA) is 57.7 Å². The van der Waals surface area contributed by atoms with E-state index in [1.54, 1.807) is 4.31 Å². The van der Waals surface area contributed by atoms with Gasteiger partial charge in [-0.15, -0.1) is 0 Å². The maximum Gasteiger partial charge on any atom is 0.253 e. The van der Waals surface area contributed by atoms with E-state index in [0.717, 1.165) is 50.8 Å². The van der Waals surface area contributed by atoms with Gasteiger partial charge in [0.15, 0.2) is 0 Å². The van der Waals surface area contributed by atoms with Gasteiger partial charge in [-0.3, -0.25) is 4.79 Å². The standard InChI is InChI=1S/C20H30N2O3S/c1-2-15-26(24,25)22-13-9-18(10-14-22)16-17-5-7-19(8-6-17)20(23)21-11-3-4-12-21/h5-8,18H,2-4,9-16H2,1H3. The van der Waals surface area contributed by atoms with Gasteiger partial charge in [0.2, 0.25) is 10.0 Å². The van der Waals surface area contributed by atoms with Crippen LogP contribution in [-0.2, 0) is 16.4 Å². The number of amides is 1. The summed E-state index contributed by atoms with van der Waals surface area (Å²) in [6.07, 6.45) is 5.67. The maximum atomic E-state index is 12.4. The van der Waals surface area contributed by atoms with E-state index in [1.165, 1.54) is 5.56 Å². The molecule has 2 fully saturated rings. The van der Waals surface area contributed by atoms with E-state index < -0.39 is 10.0 Å². The first-order valence-electron chi connectivity index (χ1n) is 9.85. The highest BCUT2D eigenvalue weighted by molar-refractivity contribution is 7.89. The van der Waals surface area contributed by atoms with Crippen LogP contribution in [0.1, 0.15) is 54.9 Å². The summed E-state index contributed by atoms with van der Waals surface area (Å²) < 4.78 is 26.0. The predicted octanol–water partition coefficient (Wildman–Crippen LogP) is 2.92. The molecule has 0 atom stereocenters. The van der Waals surface area contributed by atoms with Crippen LogP contribution < -0.4 is 0 Å². The van der Waals surface area contributed by atoms with Crippen molar-refractivity contribution < 1.29 is 13.2 Å². The third-order valence-electron chi connectivity index (χ3n) is 5.55. The van der Waals surface area contributed by atoms with Crippen LogP contribution in [0, 0.1) is 5.92 Å². The maximum absolute atomic E-state index is 12.4. The molecule has 144 valence electrons. The molecule has 0 bridgehead atoms. The average molecular weight is 379 g/mol. The highest BCUT2D eigenvalue weighted by Crippen LogP contribution is 2.24. The molecule has 1 aromatic rings. The average Bonchev–Trinajstić information content (AvgIpc) is 3.17. The molecule has 6 heteroatoms. The minimum atomic E-state index is -3.06. The Kier molecular flexibility index (Phi) is 6.35. The van der Waals surface area contributed by atoms with E-state index in [9.17, 15) is 13.2 Å². The molecule has 0 aromatic heterocycles. The molecule has 2 aliphatic rings. The molecule has 0 aliphatic carbocycles. The molecule has 0 spiro atoms. The van der Waals surface area contributed by atoms with Crippen molar-refractivity contribution in [2.24, 2.45) is 5.92 Å². The zero-order chi connectivity index (χ0) is 18.6. The molecule has 1 amide bonds. The number of hydrogen-bond acceptors (Lipinski definition) is 3. The van der Waals surface area contributed by atoms with Crippen LogP contribution in [0.2, 0.25) is 0 Å². The van der Waals surface area contributed by atoms with Gasteiger partial charge in [-0.25, -0.2) is 12.7 Å². The predicted molar refractivity (Wildman–Crippen MR) is 104 cm³/mol. The third kappa shape index (κ3) is 4.65. The first-order chi connectivity index (χ1) is 12.5. The normalized spacial score (nSPS) is 19.8. The summed E-state index contributed by atoms with van der Waals surface area (Å²) in [4.78, 5) is 14.3. The lowest BCUT2D eigenvalue weighted by Gasteiger charge is -2.31. The van der Waals surface area contributed by atoms with Crippen LogP contribution in [0.4, 0.5) is 0 Å². The summed E-state index contributed by atoms with van der Waals surface area (Å²) >= 11 is 0. The van der Waals surface area contributed by atoms with Crippen LogP contribution in [-0.4, -0.2) is 55.5 Å². The minimum absolute atomic E-state index is 0.142. The lowest BCUT2D eigenvalue weighted by Crippen LogP contribution is -2.40. The highest BCUT2D eigenvalue weighted by atomic mass is 32.2. The van der Waals surface area contributed by atoms with E-state index in [-0.39, 0.29) is 11.7 Å². The van der Waals surface area contributed by atoms with Gasteiger partial charge in [0, 0.05) is 31.7 Å². The highest BCUT2D eigenvalue weighted by Gasteiger charge is 2.27. The van der Waals surface area contributed by atoms with Gasteiger partial charge in [0.25, 0.3) is 5.91 Å². The fourth-order valence-electron chi connectivity index (χ4n) is 4.00. The van der Waals surface area contributed by atoms with E-state index in [1.807, 2.05) is 24.0 Å². The van der Waals surface area contributed by atoms with Crippen molar-refractivity contribution in [3.63, 3.8) is 0 Å². The Morgan fingerprint density at radius 2 is 1.65 bits per heavy atom. The summed E-state index contributed by atoms with van der Waals surface area (Å²) in [5.41, 5.74) is 2.01. The van der Waals surface area contributed by atoms with Gasteiger partial charge in [0.1, 0.15) is 0 Å². The zero-order valence-electron chi connectivity index (χ0n) is 15.7. The van der Waals surface area contributed by atoms with E-state index in [2.05, 4.69) is 12.1 Å². The Balaban J connectivity index is 1.51. The molecule has 1 aromatic carbocycles. The van der Waals surface area contributed by atoms with Crippen molar-refractivity contribution in [1.82, 2.24) is 9.21 Å². The van der Waals surface area contributed by atoms with E-state index in [0.29, 0.717) is 25.4 Å². The lowest BCUT2D eigenvalue weighted by atomic mass is 9.90. The van der Waals surface area contributed by atoms with Crippen molar-refractivity contribution in [3.8, 4) is 0 Å². The van der Waals surface area contributed by atoms with Crippen LogP contribution in [0.15, 0.2) is 24.3 Å². The summed E-state index contributed by atoms with van der Waals surface area (Å²) in [7, 11) is -3.06. The molecular formula is C20H30N2O3S. The number of rotatable bonds is 6. The second kappa shape index (κ2) is 8.53. The van der Waals surface area contributed by atoms with Crippen molar-refractivity contribution in [1.29, 1.82) is 0 Å². The zero-order valence-corrected chi connectivity index (χ0v) is 16.5. The number of nitrogens with zero attached hydrogens (tertiary/aromatic N) is 2. The first-order valence-corrected chi connectivity index (χ1v) is 11.5. The van der Waals surface area contributed by atoms with Crippen molar-refractivity contribution in [3.05, 3.63) is 35.4 Å². The number of hydrogen-bond donors (Lipinski definition) is 0. The Bertz CT molecular complexity index is 701. The number of carbonyl (C=O) groups is 1. The molecule has 2 heterocycles. The summed E-state index contributed by atoms with van der Waals surface area (Å²) in [5.74, 6) is 0.913. The Morgan fingerprint density at radius 1 is 1.04 bits per heavy atom. The molecular weight excluding hydrogens is 348 g/mol. The van der Waals surface area contributed by atoms with E-state index >= 15 is 0 Å². The van der Waals surface area contributed by atoms with Gasteiger partial charge in [-0.2, -0.15) is 0 Å². The van der Waals surface area contributed by atoms with Gasteiger partial charge < -0.3 is 4.90 Å². The number of sulfonamides is 1. The Labute approximate surface area is 157 Å². The number of likely N-dealkylation sites (tertiary alicyclic amines) is 1. The molecule has 2 saturated heterocycles. The van der Waals surface area contributed by atoms with Gasteiger partial charge in [0.05, 0.1) is 5.75 Å². The van der Waals surface area contributed by atoms with Crippen molar-refractivity contribution in [2.75, 3.05) is 31.9 Å². The van der Waals surface area contributed by atoms with Gasteiger partial charge >= 0.3 is 0 Å². The Morgan fingerprint density at radius 3 is 2.23 bits per heavy atom. The quantitative estimate of drug-likeness (QED) is 0.765. The lowest BCUT2D eigenvalue weighted by molar-refractivity contribution is 0.0793. The summed E-state index contributed by atoms with van der Waals surface area (Å²) in [5, 5.41) is 0. The smallest absolute Gasteiger partial charge is 0.253 e. The second-order valence-corrected chi connectivity index (χ2v) is 9.65.